The van der Waals surface area contributed by atoms with E-state index in [1.54, 1.807) is 5.01 Å². The normalized spacial score (nSPS) is 18.5. The van der Waals surface area contributed by atoms with Crippen molar-refractivity contribution in [2.75, 3.05) is 26.3 Å². The van der Waals surface area contributed by atoms with Crippen LogP contribution in [0.25, 0.3) is 0 Å². The number of carbonyl (C=O) groups excluding carboxylic acids is 1. The maximum atomic E-state index is 12.6. The number of nitrogens with zero attached hydrogens (tertiary/aromatic N) is 3. The molecule has 118 valence electrons. The first-order valence-corrected chi connectivity index (χ1v) is 6.55. The fourth-order valence-electron chi connectivity index (χ4n) is 2.05. The molecule has 1 aromatic rings. The molecule has 21 heavy (non-hydrogen) atoms. The third-order valence-corrected chi connectivity index (χ3v) is 3.24. The molecule has 1 aromatic heterocycles. The summed E-state index contributed by atoms with van der Waals surface area (Å²) in [5.41, 5.74) is 1.95. The minimum absolute atomic E-state index is 0.284. The Kier molecular flexibility index (Phi) is 4.52. The molecular formula is C12H17F3N4O2. The molecule has 0 aliphatic carbocycles. The van der Waals surface area contributed by atoms with Crippen LogP contribution < -0.4 is 5.43 Å². The second kappa shape index (κ2) is 6.02. The van der Waals surface area contributed by atoms with Crippen LogP contribution in [0.3, 0.4) is 0 Å². The lowest BCUT2D eigenvalue weighted by molar-refractivity contribution is -0.142. The molecule has 6 nitrogen and oxygen atoms in total. The molecule has 9 heteroatoms. The average Bonchev–Trinajstić information content (AvgIpc) is 2.81. The first-order valence-electron chi connectivity index (χ1n) is 6.55. The van der Waals surface area contributed by atoms with Crippen molar-refractivity contribution < 1.29 is 22.7 Å². The second-order valence-corrected chi connectivity index (χ2v) is 4.86. The quantitative estimate of drug-likeness (QED) is 0.909. The number of hydrogen-bond acceptors (Lipinski definition) is 4. The SMILES string of the molecule is Cc1cc(C(F)(F)F)nn1C(C)C(=O)NN1CCOCC1. The minimum Gasteiger partial charge on any atom is -0.379 e. The summed E-state index contributed by atoms with van der Waals surface area (Å²) in [6.45, 7) is 5.10. The van der Waals surface area contributed by atoms with Gasteiger partial charge in [0, 0.05) is 18.8 Å². The van der Waals surface area contributed by atoms with Crippen LogP contribution in [-0.2, 0) is 15.7 Å². The molecule has 1 unspecified atom stereocenters. The van der Waals surface area contributed by atoms with Gasteiger partial charge >= 0.3 is 6.18 Å². The minimum atomic E-state index is -4.52. The van der Waals surface area contributed by atoms with Crippen molar-refractivity contribution in [1.82, 2.24) is 20.2 Å². The van der Waals surface area contributed by atoms with Crippen molar-refractivity contribution in [3.05, 3.63) is 17.5 Å². The largest absolute Gasteiger partial charge is 0.435 e. The number of aromatic nitrogens is 2. The summed E-state index contributed by atoms with van der Waals surface area (Å²) in [4.78, 5) is 12.1. The summed E-state index contributed by atoms with van der Waals surface area (Å²) in [5, 5.41) is 5.17. The molecule has 1 aliphatic heterocycles. The van der Waals surface area contributed by atoms with E-state index in [4.69, 9.17) is 4.74 Å². The number of alkyl halides is 3. The number of rotatable bonds is 3. The molecule has 0 saturated carbocycles. The molecule has 0 spiro atoms. The summed E-state index contributed by atoms with van der Waals surface area (Å²) in [6, 6.07) is 0.0994. The first kappa shape index (κ1) is 15.8. The molecule has 0 bridgehead atoms. The number of hydrogen-bond donors (Lipinski definition) is 1. The molecule has 0 radical (unpaired) electrons. The summed E-state index contributed by atoms with van der Waals surface area (Å²) in [5.74, 6) is -0.406. The van der Waals surface area contributed by atoms with Gasteiger partial charge in [0.25, 0.3) is 5.91 Å². The number of morpholine rings is 1. The molecule has 0 aromatic carbocycles. The topological polar surface area (TPSA) is 59.4 Å². The maximum Gasteiger partial charge on any atom is 0.435 e. The van der Waals surface area contributed by atoms with E-state index in [0.717, 1.165) is 10.7 Å². The lowest BCUT2D eigenvalue weighted by Crippen LogP contribution is -2.50. The van der Waals surface area contributed by atoms with E-state index in [2.05, 4.69) is 10.5 Å². The Balaban J connectivity index is 2.06. The van der Waals surface area contributed by atoms with Crippen LogP contribution in [0.15, 0.2) is 6.07 Å². The highest BCUT2D eigenvalue weighted by molar-refractivity contribution is 5.79. The number of ether oxygens (including phenoxy) is 1. The highest BCUT2D eigenvalue weighted by atomic mass is 19.4. The van der Waals surface area contributed by atoms with E-state index in [1.807, 2.05) is 0 Å². The third-order valence-electron chi connectivity index (χ3n) is 3.24. The van der Waals surface area contributed by atoms with Crippen LogP contribution in [-0.4, -0.2) is 47.0 Å². The fraction of sp³-hybridized carbons (Fsp3) is 0.667. The Morgan fingerprint density at radius 1 is 1.43 bits per heavy atom. The monoisotopic (exact) mass is 306 g/mol. The van der Waals surface area contributed by atoms with Crippen molar-refractivity contribution in [2.24, 2.45) is 0 Å². The Morgan fingerprint density at radius 3 is 2.57 bits per heavy atom. The van der Waals surface area contributed by atoms with E-state index < -0.39 is 23.8 Å². The number of amides is 1. The summed E-state index contributed by atoms with van der Waals surface area (Å²) >= 11 is 0. The number of aryl methyl sites for hydroxylation is 1. The molecular weight excluding hydrogens is 289 g/mol. The molecule has 2 heterocycles. The summed E-state index contributed by atoms with van der Waals surface area (Å²) in [6.07, 6.45) is -4.52. The van der Waals surface area contributed by atoms with Crippen LogP contribution in [0, 0.1) is 6.92 Å². The van der Waals surface area contributed by atoms with Gasteiger partial charge in [-0.3, -0.25) is 14.9 Å². The Hall–Kier alpha value is -1.61. The predicted molar refractivity (Wildman–Crippen MR) is 67.2 cm³/mol. The van der Waals surface area contributed by atoms with E-state index in [0.29, 0.717) is 26.3 Å². The lowest BCUT2D eigenvalue weighted by atomic mass is 10.3. The van der Waals surface area contributed by atoms with E-state index in [1.165, 1.54) is 13.8 Å². The van der Waals surface area contributed by atoms with Gasteiger partial charge in [0.2, 0.25) is 0 Å². The molecule has 1 saturated heterocycles. The van der Waals surface area contributed by atoms with E-state index >= 15 is 0 Å². The zero-order chi connectivity index (χ0) is 15.6. The van der Waals surface area contributed by atoms with Crippen LogP contribution in [0.2, 0.25) is 0 Å². The van der Waals surface area contributed by atoms with Crippen molar-refractivity contribution in [3.63, 3.8) is 0 Å². The number of hydrazine groups is 1. The molecule has 1 atom stereocenters. The fourth-order valence-corrected chi connectivity index (χ4v) is 2.05. The highest BCUT2D eigenvalue weighted by Crippen LogP contribution is 2.29. The smallest absolute Gasteiger partial charge is 0.379 e. The zero-order valence-corrected chi connectivity index (χ0v) is 11.8. The van der Waals surface area contributed by atoms with Gasteiger partial charge in [0.1, 0.15) is 6.04 Å². The zero-order valence-electron chi connectivity index (χ0n) is 11.8. The first-order chi connectivity index (χ1) is 9.79. The predicted octanol–water partition coefficient (Wildman–Crippen LogP) is 1.13. The lowest BCUT2D eigenvalue weighted by Gasteiger charge is -2.28. The summed E-state index contributed by atoms with van der Waals surface area (Å²) < 4.78 is 44.1. The van der Waals surface area contributed by atoms with Gasteiger partial charge in [-0.15, -0.1) is 0 Å². The van der Waals surface area contributed by atoms with Gasteiger partial charge in [0.15, 0.2) is 5.69 Å². The van der Waals surface area contributed by atoms with Crippen LogP contribution in [0.4, 0.5) is 13.2 Å². The van der Waals surface area contributed by atoms with Gasteiger partial charge in [-0.1, -0.05) is 0 Å². The molecule has 1 amide bonds. The number of carbonyl (C=O) groups is 1. The Morgan fingerprint density at radius 2 is 2.05 bits per heavy atom. The highest BCUT2D eigenvalue weighted by Gasteiger charge is 2.35. The van der Waals surface area contributed by atoms with Gasteiger partial charge < -0.3 is 4.74 Å². The second-order valence-electron chi connectivity index (χ2n) is 4.86. The molecule has 1 N–H and O–H groups in total. The van der Waals surface area contributed by atoms with Crippen LogP contribution >= 0.6 is 0 Å². The van der Waals surface area contributed by atoms with Gasteiger partial charge in [-0.2, -0.15) is 18.3 Å². The number of nitrogens with one attached hydrogen (secondary N) is 1. The van der Waals surface area contributed by atoms with Gasteiger partial charge in [-0.25, -0.2) is 5.01 Å². The van der Waals surface area contributed by atoms with Gasteiger partial charge in [0.05, 0.1) is 13.2 Å². The standard InChI is InChI=1S/C12H17F3N4O2/c1-8-7-10(12(13,14)15)16-19(8)9(2)11(20)17-18-3-5-21-6-4-18/h7,9H,3-6H2,1-2H3,(H,17,20). The maximum absolute atomic E-state index is 12.6. The Labute approximate surface area is 119 Å². The number of halogens is 3. The van der Waals surface area contributed by atoms with Crippen LogP contribution in [0.1, 0.15) is 24.4 Å². The van der Waals surface area contributed by atoms with E-state index in [-0.39, 0.29) is 5.69 Å². The van der Waals surface area contributed by atoms with Crippen molar-refractivity contribution >= 4 is 5.91 Å². The molecule has 1 aliphatic rings. The Bertz CT molecular complexity index is 509. The van der Waals surface area contributed by atoms with E-state index in [9.17, 15) is 18.0 Å². The van der Waals surface area contributed by atoms with Gasteiger partial charge in [-0.05, 0) is 19.9 Å². The molecule has 2 rings (SSSR count). The van der Waals surface area contributed by atoms with Crippen molar-refractivity contribution in [1.29, 1.82) is 0 Å². The summed E-state index contributed by atoms with van der Waals surface area (Å²) in [7, 11) is 0. The van der Waals surface area contributed by atoms with Crippen LogP contribution in [0.5, 0.6) is 0 Å². The van der Waals surface area contributed by atoms with Crippen molar-refractivity contribution in [2.45, 2.75) is 26.1 Å². The molecule has 1 fully saturated rings. The third kappa shape index (κ3) is 3.73. The van der Waals surface area contributed by atoms with Crippen molar-refractivity contribution in [3.8, 4) is 0 Å². The average molecular weight is 306 g/mol.